The minimum Gasteiger partial charge on any atom is -0.481 e. The summed E-state index contributed by atoms with van der Waals surface area (Å²) in [5.74, 6) is 0.166. The normalized spacial score (nSPS) is 11.2. The van der Waals surface area contributed by atoms with Gasteiger partial charge < -0.3 is 15.0 Å². The maximum Gasteiger partial charge on any atom is 0.261 e. The molecule has 6 heteroatoms. The molecule has 0 saturated heterocycles. The zero-order valence-corrected chi connectivity index (χ0v) is 15.0. The number of rotatable bonds is 6. The number of carbonyl (C=O) groups excluding carboxylic acids is 2. The van der Waals surface area contributed by atoms with Gasteiger partial charge in [0.15, 0.2) is 6.10 Å². The third-order valence-electron chi connectivity index (χ3n) is 3.71. The van der Waals surface area contributed by atoms with Crippen molar-refractivity contribution in [3.8, 4) is 11.8 Å². The van der Waals surface area contributed by atoms with E-state index >= 15 is 0 Å². The fourth-order valence-electron chi connectivity index (χ4n) is 2.27. The number of nitrogens with zero attached hydrogens (tertiary/aromatic N) is 2. The Bertz CT molecular complexity index is 823. The van der Waals surface area contributed by atoms with Crippen LogP contribution in [0.2, 0.25) is 0 Å². The molecule has 26 heavy (non-hydrogen) atoms. The molecular formula is C20H21N3O3. The summed E-state index contributed by atoms with van der Waals surface area (Å²) in [4.78, 5) is 25.7. The minimum atomic E-state index is -0.686. The fourth-order valence-corrected chi connectivity index (χ4v) is 2.27. The highest BCUT2D eigenvalue weighted by atomic mass is 16.5. The molecule has 0 radical (unpaired) electrons. The Kier molecular flexibility index (Phi) is 6.34. The van der Waals surface area contributed by atoms with E-state index in [1.165, 1.54) is 4.90 Å². The fraction of sp³-hybridized carbons (Fsp3) is 0.250. The van der Waals surface area contributed by atoms with E-state index in [9.17, 15) is 9.59 Å². The summed E-state index contributed by atoms with van der Waals surface area (Å²) in [6, 6.07) is 15.7. The smallest absolute Gasteiger partial charge is 0.261 e. The van der Waals surface area contributed by atoms with Crippen molar-refractivity contribution in [1.29, 1.82) is 5.26 Å². The van der Waals surface area contributed by atoms with Gasteiger partial charge in [0.25, 0.3) is 11.8 Å². The van der Waals surface area contributed by atoms with E-state index in [1.54, 1.807) is 63.5 Å². The highest BCUT2D eigenvalue weighted by Crippen LogP contribution is 2.13. The predicted octanol–water partition coefficient (Wildman–Crippen LogP) is 2.34. The lowest BCUT2D eigenvalue weighted by Gasteiger charge is -2.15. The molecule has 2 rings (SSSR count). The van der Waals surface area contributed by atoms with Crippen LogP contribution in [0.15, 0.2) is 48.5 Å². The van der Waals surface area contributed by atoms with Gasteiger partial charge in [-0.1, -0.05) is 12.1 Å². The van der Waals surface area contributed by atoms with Gasteiger partial charge in [-0.25, -0.2) is 0 Å². The zero-order valence-electron chi connectivity index (χ0n) is 15.0. The summed E-state index contributed by atoms with van der Waals surface area (Å²) in [5, 5.41) is 11.6. The topological polar surface area (TPSA) is 82.4 Å². The summed E-state index contributed by atoms with van der Waals surface area (Å²) < 4.78 is 5.58. The zero-order chi connectivity index (χ0) is 19.1. The van der Waals surface area contributed by atoms with Gasteiger partial charge in [0, 0.05) is 26.2 Å². The van der Waals surface area contributed by atoms with Crippen LogP contribution in [-0.2, 0) is 11.3 Å². The highest BCUT2D eigenvalue weighted by Gasteiger charge is 2.15. The lowest BCUT2D eigenvalue weighted by Crippen LogP contribution is -2.36. The Morgan fingerprint density at radius 2 is 1.88 bits per heavy atom. The summed E-state index contributed by atoms with van der Waals surface area (Å²) in [6.07, 6.45) is -0.686. The maximum absolute atomic E-state index is 12.2. The van der Waals surface area contributed by atoms with Crippen LogP contribution in [0.3, 0.4) is 0 Å². The molecule has 0 spiro atoms. The molecule has 0 bridgehead atoms. The highest BCUT2D eigenvalue weighted by molar-refractivity contribution is 5.94. The SMILES string of the molecule is CC(Oc1ccc(C#N)cc1)C(=O)NCc1cccc(C(=O)N(C)C)c1. The number of hydrogen-bond acceptors (Lipinski definition) is 4. The Balaban J connectivity index is 1.92. The van der Waals surface area contributed by atoms with E-state index in [0.29, 0.717) is 23.4 Å². The van der Waals surface area contributed by atoms with Crippen LogP contribution in [-0.4, -0.2) is 36.9 Å². The Labute approximate surface area is 153 Å². The number of ether oxygens (including phenoxy) is 1. The molecule has 2 amide bonds. The van der Waals surface area contributed by atoms with Gasteiger partial charge in [-0.05, 0) is 48.9 Å². The van der Waals surface area contributed by atoms with Crippen molar-refractivity contribution < 1.29 is 14.3 Å². The summed E-state index contributed by atoms with van der Waals surface area (Å²) in [7, 11) is 3.39. The second kappa shape index (κ2) is 8.67. The first-order chi connectivity index (χ1) is 12.4. The first kappa shape index (κ1) is 19.0. The average molecular weight is 351 g/mol. The van der Waals surface area contributed by atoms with Crippen LogP contribution in [0.1, 0.15) is 28.4 Å². The number of hydrogen-bond donors (Lipinski definition) is 1. The van der Waals surface area contributed by atoms with E-state index in [0.717, 1.165) is 5.56 Å². The summed E-state index contributed by atoms with van der Waals surface area (Å²) in [5.41, 5.74) is 1.93. The molecule has 2 aromatic rings. The van der Waals surface area contributed by atoms with Crippen LogP contribution in [0, 0.1) is 11.3 Å². The Hall–Kier alpha value is -3.33. The van der Waals surface area contributed by atoms with Gasteiger partial charge >= 0.3 is 0 Å². The number of carbonyl (C=O) groups is 2. The molecule has 0 aromatic heterocycles. The van der Waals surface area contributed by atoms with E-state index in [2.05, 4.69) is 5.32 Å². The first-order valence-corrected chi connectivity index (χ1v) is 8.16. The van der Waals surface area contributed by atoms with Crippen LogP contribution < -0.4 is 10.1 Å². The molecule has 6 nitrogen and oxygen atoms in total. The van der Waals surface area contributed by atoms with Crippen molar-refractivity contribution in [1.82, 2.24) is 10.2 Å². The molecule has 1 atom stereocenters. The van der Waals surface area contributed by atoms with Crippen molar-refractivity contribution in [3.05, 3.63) is 65.2 Å². The molecular weight excluding hydrogens is 330 g/mol. The molecule has 0 aliphatic rings. The quantitative estimate of drug-likeness (QED) is 0.866. The van der Waals surface area contributed by atoms with Gasteiger partial charge in [-0.3, -0.25) is 9.59 Å². The molecule has 0 saturated carbocycles. The van der Waals surface area contributed by atoms with Gasteiger partial charge in [-0.15, -0.1) is 0 Å². The second-order valence-corrected chi connectivity index (χ2v) is 6.01. The number of nitriles is 1. The van der Waals surface area contributed by atoms with Crippen LogP contribution in [0.5, 0.6) is 5.75 Å². The van der Waals surface area contributed by atoms with Crippen LogP contribution in [0.4, 0.5) is 0 Å². The molecule has 0 aliphatic carbocycles. The summed E-state index contributed by atoms with van der Waals surface area (Å²) in [6.45, 7) is 1.95. The second-order valence-electron chi connectivity index (χ2n) is 6.01. The van der Waals surface area contributed by atoms with Crippen LogP contribution >= 0.6 is 0 Å². The Morgan fingerprint density at radius 3 is 2.50 bits per heavy atom. The van der Waals surface area contributed by atoms with Gasteiger partial charge in [-0.2, -0.15) is 5.26 Å². The van der Waals surface area contributed by atoms with Crippen molar-refractivity contribution >= 4 is 11.8 Å². The van der Waals surface area contributed by atoms with Crippen molar-refractivity contribution in [2.75, 3.05) is 14.1 Å². The maximum atomic E-state index is 12.2. The molecule has 2 aromatic carbocycles. The van der Waals surface area contributed by atoms with Gasteiger partial charge in [0.2, 0.25) is 0 Å². The van der Waals surface area contributed by atoms with Crippen LogP contribution in [0.25, 0.3) is 0 Å². The van der Waals surface area contributed by atoms with E-state index < -0.39 is 6.10 Å². The van der Waals surface area contributed by atoms with E-state index in [-0.39, 0.29) is 11.8 Å². The first-order valence-electron chi connectivity index (χ1n) is 8.16. The van der Waals surface area contributed by atoms with Crippen molar-refractivity contribution in [2.24, 2.45) is 0 Å². The lowest BCUT2D eigenvalue weighted by molar-refractivity contribution is -0.127. The molecule has 134 valence electrons. The number of amides is 2. The Morgan fingerprint density at radius 1 is 1.19 bits per heavy atom. The molecule has 0 fully saturated rings. The standard InChI is InChI=1S/C20H21N3O3/c1-14(26-18-9-7-15(12-21)8-10-18)19(24)22-13-16-5-4-6-17(11-16)20(25)23(2)3/h4-11,14H,13H2,1-3H3,(H,22,24). The monoisotopic (exact) mass is 351 g/mol. The van der Waals surface area contributed by atoms with Gasteiger partial charge in [0.1, 0.15) is 5.75 Å². The molecule has 1 N–H and O–H groups in total. The van der Waals surface area contributed by atoms with Gasteiger partial charge in [0.05, 0.1) is 11.6 Å². The lowest BCUT2D eigenvalue weighted by atomic mass is 10.1. The average Bonchev–Trinajstić information content (AvgIpc) is 2.66. The molecule has 1 unspecified atom stereocenters. The third kappa shape index (κ3) is 5.08. The largest absolute Gasteiger partial charge is 0.481 e. The van der Waals surface area contributed by atoms with Crippen molar-refractivity contribution in [3.63, 3.8) is 0 Å². The number of nitrogens with one attached hydrogen (secondary N) is 1. The molecule has 0 aliphatic heterocycles. The molecule has 0 heterocycles. The van der Waals surface area contributed by atoms with E-state index in [4.69, 9.17) is 10.00 Å². The number of benzene rings is 2. The van der Waals surface area contributed by atoms with E-state index in [1.807, 2.05) is 12.1 Å². The van der Waals surface area contributed by atoms with Crippen molar-refractivity contribution in [2.45, 2.75) is 19.6 Å². The third-order valence-corrected chi connectivity index (χ3v) is 3.71. The summed E-state index contributed by atoms with van der Waals surface area (Å²) >= 11 is 0. The minimum absolute atomic E-state index is 0.0873. The predicted molar refractivity (Wildman–Crippen MR) is 97.6 cm³/mol.